The number of nitrogens with one attached hydrogen (secondary N) is 1. The summed E-state index contributed by atoms with van der Waals surface area (Å²) < 4.78 is 27.4. The van der Waals surface area contributed by atoms with E-state index in [2.05, 4.69) is 20.7 Å². The molecular formula is C13H8BrClN2O2S. The highest BCUT2D eigenvalue weighted by Gasteiger charge is 2.17. The summed E-state index contributed by atoms with van der Waals surface area (Å²) in [6, 6.07) is 12.7. The molecule has 2 rings (SSSR count). The SMILES string of the molecule is N#Cc1cc(NS(=O)(=O)c2ccccc2Br)ccc1Cl. The number of rotatable bonds is 3. The van der Waals surface area contributed by atoms with E-state index in [4.69, 9.17) is 16.9 Å². The third-order valence-corrected chi connectivity index (χ3v) is 5.19. The number of halogens is 2. The summed E-state index contributed by atoms with van der Waals surface area (Å²) in [7, 11) is -3.73. The van der Waals surface area contributed by atoms with E-state index in [0.29, 0.717) is 4.47 Å². The molecule has 0 unspecified atom stereocenters. The van der Waals surface area contributed by atoms with Crippen molar-refractivity contribution in [2.75, 3.05) is 4.72 Å². The maximum atomic E-state index is 12.2. The zero-order valence-electron chi connectivity index (χ0n) is 9.97. The number of benzene rings is 2. The maximum Gasteiger partial charge on any atom is 0.263 e. The van der Waals surface area contributed by atoms with E-state index in [0.717, 1.165) is 0 Å². The first-order valence-electron chi connectivity index (χ1n) is 5.41. The van der Waals surface area contributed by atoms with Crippen LogP contribution >= 0.6 is 27.5 Å². The first-order chi connectivity index (χ1) is 9.44. The van der Waals surface area contributed by atoms with Gasteiger partial charge in [0.05, 0.1) is 16.3 Å². The number of nitrogens with zero attached hydrogens (tertiary/aromatic N) is 1. The fraction of sp³-hybridized carbons (Fsp3) is 0. The molecule has 7 heteroatoms. The van der Waals surface area contributed by atoms with Gasteiger partial charge in [0.1, 0.15) is 11.0 Å². The lowest BCUT2D eigenvalue weighted by Gasteiger charge is -2.10. The molecule has 0 aliphatic heterocycles. The highest BCUT2D eigenvalue weighted by atomic mass is 79.9. The van der Waals surface area contributed by atoms with E-state index in [1.807, 2.05) is 6.07 Å². The fourth-order valence-electron chi connectivity index (χ4n) is 1.55. The standard InChI is InChI=1S/C13H8BrClN2O2S/c14-11-3-1-2-4-13(11)20(18,19)17-10-5-6-12(15)9(7-10)8-16/h1-7,17H. The number of anilines is 1. The van der Waals surface area contributed by atoms with Crippen molar-refractivity contribution in [3.05, 3.63) is 57.5 Å². The second-order valence-electron chi connectivity index (χ2n) is 3.84. The first kappa shape index (κ1) is 14.9. The zero-order valence-corrected chi connectivity index (χ0v) is 13.1. The van der Waals surface area contributed by atoms with Crippen molar-refractivity contribution in [3.8, 4) is 6.07 Å². The average molecular weight is 372 g/mol. The van der Waals surface area contributed by atoms with Crippen molar-refractivity contribution in [2.24, 2.45) is 0 Å². The Hall–Kier alpha value is -1.55. The van der Waals surface area contributed by atoms with Gasteiger partial charge in [-0.1, -0.05) is 23.7 Å². The van der Waals surface area contributed by atoms with Crippen LogP contribution in [0.3, 0.4) is 0 Å². The minimum Gasteiger partial charge on any atom is -0.280 e. The summed E-state index contributed by atoms with van der Waals surface area (Å²) in [4.78, 5) is 0.119. The summed E-state index contributed by atoms with van der Waals surface area (Å²) in [6.45, 7) is 0. The minimum absolute atomic E-state index is 0.119. The monoisotopic (exact) mass is 370 g/mol. The Bertz CT molecular complexity index is 800. The lowest BCUT2D eigenvalue weighted by Crippen LogP contribution is -2.13. The highest BCUT2D eigenvalue weighted by molar-refractivity contribution is 9.10. The van der Waals surface area contributed by atoms with Crippen molar-refractivity contribution < 1.29 is 8.42 Å². The molecule has 0 saturated carbocycles. The smallest absolute Gasteiger partial charge is 0.263 e. The number of sulfonamides is 1. The van der Waals surface area contributed by atoms with Crippen molar-refractivity contribution in [1.82, 2.24) is 0 Å². The van der Waals surface area contributed by atoms with Crippen LogP contribution in [0.4, 0.5) is 5.69 Å². The molecule has 0 amide bonds. The van der Waals surface area contributed by atoms with Crippen LogP contribution in [0.1, 0.15) is 5.56 Å². The molecular weight excluding hydrogens is 364 g/mol. The van der Waals surface area contributed by atoms with Gasteiger partial charge >= 0.3 is 0 Å². The fourth-order valence-corrected chi connectivity index (χ4v) is 3.76. The second-order valence-corrected chi connectivity index (χ2v) is 6.75. The molecule has 0 aromatic heterocycles. The van der Waals surface area contributed by atoms with Crippen LogP contribution < -0.4 is 4.72 Å². The third-order valence-electron chi connectivity index (χ3n) is 2.47. The third kappa shape index (κ3) is 3.12. The molecule has 0 aliphatic rings. The molecule has 0 radical (unpaired) electrons. The van der Waals surface area contributed by atoms with E-state index in [-0.39, 0.29) is 21.2 Å². The van der Waals surface area contributed by atoms with Crippen molar-refractivity contribution in [1.29, 1.82) is 5.26 Å². The molecule has 0 saturated heterocycles. The van der Waals surface area contributed by atoms with Crippen LogP contribution in [0.2, 0.25) is 5.02 Å². The van der Waals surface area contributed by atoms with Gasteiger partial charge in [0.25, 0.3) is 10.0 Å². The Morgan fingerprint density at radius 1 is 1.20 bits per heavy atom. The average Bonchev–Trinajstić information content (AvgIpc) is 2.41. The summed E-state index contributed by atoms with van der Waals surface area (Å²) in [6.07, 6.45) is 0. The van der Waals surface area contributed by atoms with Crippen LogP contribution in [-0.4, -0.2) is 8.42 Å². The van der Waals surface area contributed by atoms with E-state index < -0.39 is 10.0 Å². The molecule has 0 spiro atoms. The molecule has 4 nitrogen and oxygen atoms in total. The maximum absolute atomic E-state index is 12.2. The summed E-state index contributed by atoms with van der Waals surface area (Å²) >= 11 is 9.00. The van der Waals surface area contributed by atoms with E-state index >= 15 is 0 Å². The normalized spacial score (nSPS) is 10.8. The first-order valence-corrected chi connectivity index (χ1v) is 8.06. The van der Waals surface area contributed by atoms with Crippen LogP contribution in [-0.2, 0) is 10.0 Å². The zero-order chi connectivity index (χ0) is 14.8. The van der Waals surface area contributed by atoms with Crippen molar-refractivity contribution in [3.63, 3.8) is 0 Å². The lowest BCUT2D eigenvalue weighted by molar-refractivity contribution is 0.601. The summed E-state index contributed by atoms with van der Waals surface area (Å²) in [5, 5.41) is 9.16. The van der Waals surface area contributed by atoms with Crippen LogP contribution in [0.15, 0.2) is 51.8 Å². The van der Waals surface area contributed by atoms with Gasteiger partial charge < -0.3 is 0 Å². The van der Waals surface area contributed by atoms with Gasteiger partial charge in [-0.05, 0) is 46.3 Å². The lowest BCUT2D eigenvalue weighted by atomic mass is 10.2. The molecule has 1 N–H and O–H groups in total. The van der Waals surface area contributed by atoms with Gasteiger partial charge in [-0.25, -0.2) is 8.42 Å². The predicted molar refractivity (Wildman–Crippen MR) is 81.1 cm³/mol. The van der Waals surface area contributed by atoms with Gasteiger partial charge in [0.15, 0.2) is 0 Å². The molecule has 0 atom stereocenters. The number of nitriles is 1. The van der Waals surface area contributed by atoms with Gasteiger partial charge in [-0.15, -0.1) is 0 Å². The van der Waals surface area contributed by atoms with E-state index in [9.17, 15) is 8.42 Å². The molecule has 0 bridgehead atoms. The van der Waals surface area contributed by atoms with E-state index in [1.165, 1.54) is 24.3 Å². The topological polar surface area (TPSA) is 70.0 Å². The van der Waals surface area contributed by atoms with Crippen LogP contribution in [0, 0.1) is 11.3 Å². The Balaban J connectivity index is 2.39. The Labute approximate surface area is 130 Å². The van der Waals surface area contributed by atoms with Gasteiger partial charge in [-0.2, -0.15) is 5.26 Å². The van der Waals surface area contributed by atoms with E-state index in [1.54, 1.807) is 18.2 Å². The molecule has 2 aromatic rings. The Kier molecular flexibility index (Phi) is 4.33. The molecule has 102 valence electrons. The predicted octanol–water partition coefficient (Wildman–Crippen LogP) is 3.77. The summed E-state index contributed by atoms with van der Waals surface area (Å²) in [5.41, 5.74) is 0.487. The number of hydrogen-bond donors (Lipinski definition) is 1. The van der Waals surface area contributed by atoms with Gasteiger partial charge in [-0.3, -0.25) is 4.72 Å². The minimum atomic E-state index is -3.73. The molecule has 20 heavy (non-hydrogen) atoms. The largest absolute Gasteiger partial charge is 0.280 e. The van der Waals surface area contributed by atoms with Crippen molar-refractivity contribution in [2.45, 2.75) is 4.90 Å². The molecule has 0 aliphatic carbocycles. The van der Waals surface area contributed by atoms with Crippen molar-refractivity contribution >= 4 is 43.2 Å². The van der Waals surface area contributed by atoms with Gasteiger partial charge in [0, 0.05) is 4.47 Å². The quantitative estimate of drug-likeness (QED) is 0.892. The highest BCUT2D eigenvalue weighted by Crippen LogP contribution is 2.25. The Morgan fingerprint density at radius 3 is 2.55 bits per heavy atom. The molecule has 0 heterocycles. The Morgan fingerprint density at radius 2 is 1.90 bits per heavy atom. The summed E-state index contributed by atoms with van der Waals surface area (Å²) in [5.74, 6) is 0. The van der Waals surface area contributed by atoms with Gasteiger partial charge in [0.2, 0.25) is 0 Å². The second kappa shape index (κ2) is 5.83. The molecule has 0 fully saturated rings. The molecule has 2 aromatic carbocycles. The number of hydrogen-bond acceptors (Lipinski definition) is 3. The van der Waals surface area contributed by atoms with Crippen LogP contribution in [0.25, 0.3) is 0 Å². The van der Waals surface area contributed by atoms with Crippen LogP contribution in [0.5, 0.6) is 0 Å².